The van der Waals surface area contributed by atoms with Crippen molar-refractivity contribution in [2.45, 2.75) is 6.92 Å². The topological polar surface area (TPSA) is 118 Å². The van der Waals surface area contributed by atoms with Gasteiger partial charge in [0, 0.05) is 6.07 Å². The first kappa shape index (κ1) is 17.3. The van der Waals surface area contributed by atoms with Crippen molar-refractivity contribution >= 4 is 40.6 Å². The van der Waals surface area contributed by atoms with E-state index in [0.717, 1.165) is 6.07 Å². The molecular weight excluding hydrogens is 371 g/mol. The lowest BCUT2D eigenvalue weighted by Crippen LogP contribution is -2.06. The highest BCUT2D eigenvalue weighted by atomic mass is 35.5. The fourth-order valence-electron chi connectivity index (χ4n) is 2.03. The van der Waals surface area contributed by atoms with Gasteiger partial charge >= 0.3 is 0 Å². The summed E-state index contributed by atoms with van der Waals surface area (Å²) in [6.07, 6.45) is 0. The van der Waals surface area contributed by atoms with Crippen molar-refractivity contribution in [1.82, 2.24) is 0 Å². The Bertz CT molecular complexity index is 818. The normalized spacial score (nSPS) is 10.8. The van der Waals surface area contributed by atoms with Gasteiger partial charge in [-0.1, -0.05) is 34.8 Å². The number of rotatable bonds is 2. The Morgan fingerprint density at radius 2 is 1.30 bits per heavy atom. The molecule has 0 bridgehead atoms. The first-order valence-corrected chi connectivity index (χ1v) is 7.10. The second kappa shape index (κ2) is 5.88. The second-order valence-corrected chi connectivity index (χ2v) is 5.74. The summed E-state index contributed by atoms with van der Waals surface area (Å²) in [7, 11) is 0. The van der Waals surface area contributed by atoms with Gasteiger partial charge < -0.3 is 25.5 Å². The molecule has 0 aromatic heterocycles. The lowest BCUT2D eigenvalue weighted by molar-refractivity contribution is 0.103. The van der Waals surface area contributed by atoms with Crippen molar-refractivity contribution in [3.63, 3.8) is 0 Å². The number of hydrogen-bond acceptors (Lipinski definition) is 6. The zero-order valence-corrected chi connectivity index (χ0v) is 13.6. The lowest BCUT2D eigenvalue weighted by Gasteiger charge is -2.15. The summed E-state index contributed by atoms with van der Waals surface area (Å²) in [5, 5.41) is 47.4. The number of phenols is 5. The van der Waals surface area contributed by atoms with Gasteiger partial charge in [0.15, 0.2) is 11.5 Å². The van der Waals surface area contributed by atoms with Gasteiger partial charge in [0.2, 0.25) is 5.78 Å². The number of hydrogen-bond donors (Lipinski definition) is 5. The highest BCUT2D eigenvalue weighted by molar-refractivity contribution is 6.40. The maximum absolute atomic E-state index is 12.6. The third kappa shape index (κ3) is 2.59. The van der Waals surface area contributed by atoms with E-state index in [0.29, 0.717) is 0 Å². The Morgan fingerprint density at radius 3 is 1.87 bits per heavy atom. The molecule has 0 aliphatic rings. The SMILES string of the molecule is Cc1c(Cl)c(O)c(Cl)c(O)c1C(=O)c1c(O)cc(O)c(Cl)c1O. The van der Waals surface area contributed by atoms with Crippen LogP contribution in [0.4, 0.5) is 0 Å². The smallest absolute Gasteiger partial charge is 0.204 e. The van der Waals surface area contributed by atoms with Crippen LogP contribution in [0.25, 0.3) is 0 Å². The molecule has 0 heterocycles. The van der Waals surface area contributed by atoms with E-state index in [-0.39, 0.29) is 10.6 Å². The van der Waals surface area contributed by atoms with E-state index in [4.69, 9.17) is 34.8 Å². The van der Waals surface area contributed by atoms with E-state index in [1.165, 1.54) is 6.92 Å². The minimum Gasteiger partial charge on any atom is -0.507 e. The molecule has 0 saturated heterocycles. The molecule has 0 radical (unpaired) electrons. The molecule has 0 aliphatic heterocycles. The van der Waals surface area contributed by atoms with Crippen LogP contribution in [0.2, 0.25) is 15.1 Å². The summed E-state index contributed by atoms with van der Waals surface area (Å²) in [6, 6.07) is 0.755. The molecule has 122 valence electrons. The highest BCUT2D eigenvalue weighted by Gasteiger charge is 2.29. The highest BCUT2D eigenvalue weighted by Crippen LogP contribution is 2.47. The quantitative estimate of drug-likeness (QED) is 0.508. The summed E-state index contributed by atoms with van der Waals surface area (Å²) in [6.45, 7) is 1.32. The largest absolute Gasteiger partial charge is 0.507 e. The number of carbonyl (C=O) groups is 1. The standard InChI is InChI=1S/C14H9Cl3O6/c1-3-6(12(21)10(17)14(23)8(3)15)11(20)7-4(18)2-5(19)9(16)13(7)22/h2,18-19,21-23H,1H3. The van der Waals surface area contributed by atoms with E-state index >= 15 is 0 Å². The minimum atomic E-state index is -1.05. The first-order chi connectivity index (χ1) is 10.6. The average Bonchev–Trinajstić information content (AvgIpc) is 2.49. The molecule has 2 aromatic carbocycles. The van der Waals surface area contributed by atoms with E-state index in [1.807, 2.05) is 0 Å². The van der Waals surface area contributed by atoms with Crippen molar-refractivity contribution in [3.8, 4) is 28.7 Å². The first-order valence-electron chi connectivity index (χ1n) is 5.97. The molecule has 0 amide bonds. The number of phenolic OH excluding ortho intramolecular Hbond substituents is 5. The van der Waals surface area contributed by atoms with Gasteiger partial charge in [-0.05, 0) is 12.5 Å². The molecule has 5 N–H and O–H groups in total. The lowest BCUT2D eigenvalue weighted by atomic mass is 9.96. The van der Waals surface area contributed by atoms with Crippen LogP contribution < -0.4 is 0 Å². The van der Waals surface area contributed by atoms with Crippen LogP contribution in [0, 0.1) is 6.92 Å². The maximum atomic E-state index is 12.6. The Labute approximate surface area is 144 Å². The molecule has 0 aliphatic carbocycles. The van der Waals surface area contributed by atoms with Crippen molar-refractivity contribution < 1.29 is 30.3 Å². The zero-order valence-electron chi connectivity index (χ0n) is 11.4. The predicted octanol–water partition coefficient (Wildman–Crippen LogP) is 3.71. The van der Waals surface area contributed by atoms with Crippen LogP contribution in [0.5, 0.6) is 28.7 Å². The van der Waals surface area contributed by atoms with Gasteiger partial charge in [-0.15, -0.1) is 0 Å². The molecule has 0 atom stereocenters. The van der Waals surface area contributed by atoms with Crippen LogP contribution in [0.15, 0.2) is 6.07 Å². The minimum absolute atomic E-state index is 0.0286. The summed E-state index contributed by atoms with van der Waals surface area (Å²) >= 11 is 17.2. The number of benzene rings is 2. The fourth-order valence-corrected chi connectivity index (χ4v) is 2.60. The second-order valence-electron chi connectivity index (χ2n) is 4.61. The van der Waals surface area contributed by atoms with E-state index in [9.17, 15) is 30.3 Å². The van der Waals surface area contributed by atoms with E-state index < -0.39 is 55.7 Å². The van der Waals surface area contributed by atoms with Crippen LogP contribution in [-0.4, -0.2) is 31.3 Å². The van der Waals surface area contributed by atoms with E-state index in [2.05, 4.69) is 0 Å². The molecule has 6 nitrogen and oxygen atoms in total. The summed E-state index contributed by atoms with van der Waals surface area (Å²) < 4.78 is 0. The van der Waals surface area contributed by atoms with Gasteiger partial charge in [0.05, 0.1) is 10.6 Å². The van der Waals surface area contributed by atoms with Crippen molar-refractivity contribution in [2.75, 3.05) is 0 Å². The van der Waals surface area contributed by atoms with E-state index in [1.54, 1.807) is 0 Å². The monoisotopic (exact) mass is 378 g/mol. The predicted molar refractivity (Wildman–Crippen MR) is 84.4 cm³/mol. The third-order valence-electron chi connectivity index (χ3n) is 3.22. The maximum Gasteiger partial charge on any atom is 0.204 e. The molecule has 0 spiro atoms. The molecule has 0 unspecified atom stereocenters. The van der Waals surface area contributed by atoms with Crippen molar-refractivity contribution in [3.05, 3.63) is 37.8 Å². The summed E-state index contributed by atoms with van der Waals surface area (Å²) in [5.74, 6) is -4.74. The third-order valence-corrected chi connectivity index (χ3v) is 4.41. The fraction of sp³-hybridized carbons (Fsp3) is 0.0714. The van der Waals surface area contributed by atoms with Gasteiger partial charge in [0.25, 0.3) is 0 Å². The Kier molecular flexibility index (Phi) is 4.43. The van der Waals surface area contributed by atoms with Crippen LogP contribution in [-0.2, 0) is 0 Å². The van der Waals surface area contributed by atoms with Crippen LogP contribution >= 0.6 is 34.8 Å². The van der Waals surface area contributed by atoms with Crippen molar-refractivity contribution in [1.29, 1.82) is 0 Å². The molecule has 0 saturated carbocycles. The molecular formula is C14H9Cl3O6. The Morgan fingerprint density at radius 1 is 0.783 bits per heavy atom. The molecule has 9 heteroatoms. The van der Waals surface area contributed by atoms with Gasteiger partial charge in [-0.3, -0.25) is 4.79 Å². The number of halogens is 3. The number of aromatic hydroxyl groups is 5. The Hall–Kier alpha value is -2.02. The van der Waals surface area contributed by atoms with Crippen molar-refractivity contribution in [2.24, 2.45) is 0 Å². The molecule has 0 fully saturated rings. The molecule has 2 rings (SSSR count). The summed E-state index contributed by atoms with van der Waals surface area (Å²) in [5.41, 5.74) is -1.13. The summed E-state index contributed by atoms with van der Waals surface area (Å²) in [4.78, 5) is 12.6. The van der Waals surface area contributed by atoms with Crippen LogP contribution in [0.1, 0.15) is 21.5 Å². The van der Waals surface area contributed by atoms with Gasteiger partial charge in [-0.25, -0.2) is 0 Å². The number of ketones is 1. The van der Waals surface area contributed by atoms with Gasteiger partial charge in [0.1, 0.15) is 32.9 Å². The van der Waals surface area contributed by atoms with Gasteiger partial charge in [-0.2, -0.15) is 0 Å². The zero-order chi connectivity index (χ0) is 17.6. The molecule has 2 aromatic rings. The molecule has 23 heavy (non-hydrogen) atoms. The average molecular weight is 380 g/mol. The number of carbonyl (C=O) groups excluding carboxylic acids is 1. The Balaban J connectivity index is 2.81. The van der Waals surface area contributed by atoms with Crippen LogP contribution in [0.3, 0.4) is 0 Å².